The van der Waals surface area contributed by atoms with E-state index in [9.17, 15) is 4.79 Å². The van der Waals surface area contributed by atoms with Gasteiger partial charge in [-0.05, 0) is 43.2 Å². The molecule has 0 atom stereocenters. The second-order valence-electron chi connectivity index (χ2n) is 6.38. The number of hydrogen-bond donors (Lipinski definition) is 2. The van der Waals surface area contributed by atoms with E-state index in [1.165, 1.54) is 0 Å². The zero-order chi connectivity index (χ0) is 17.6. The molecule has 5 nitrogen and oxygen atoms in total. The summed E-state index contributed by atoms with van der Waals surface area (Å²) in [5.41, 5.74) is 11.9. The SMILES string of the molecule is Cc1cc2nc(-c3c[nH]c4ccccc34)c(=O)n(CCN)c2cc1C. The van der Waals surface area contributed by atoms with Crippen molar-refractivity contribution in [2.75, 3.05) is 6.54 Å². The predicted molar refractivity (Wildman–Crippen MR) is 102 cm³/mol. The summed E-state index contributed by atoms with van der Waals surface area (Å²) in [4.78, 5) is 21.1. The molecule has 0 radical (unpaired) electrons. The molecule has 0 spiro atoms. The van der Waals surface area contributed by atoms with E-state index in [4.69, 9.17) is 10.7 Å². The molecule has 0 bridgehead atoms. The maximum Gasteiger partial charge on any atom is 0.277 e. The van der Waals surface area contributed by atoms with E-state index in [0.717, 1.165) is 38.6 Å². The van der Waals surface area contributed by atoms with E-state index in [-0.39, 0.29) is 5.56 Å². The minimum absolute atomic E-state index is 0.106. The quantitative estimate of drug-likeness (QED) is 0.605. The summed E-state index contributed by atoms with van der Waals surface area (Å²) in [5, 5.41) is 0.995. The van der Waals surface area contributed by atoms with Gasteiger partial charge in [0.2, 0.25) is 0 Å². The Hall–Kier alpha value is -2.92. The van der Waals surface area contributed by atoms with Gasteiger partial charge in [0.15, 0.2) is 0 Å². The van der Waals surface area contributed by atoms with Gasteiger partial charge in [0.05, 0.1) is 11.0 Å². The molecule has 0 aliphatic rings. The van der Waals surface area contributed by atoms with E-state index in [2.05, 4.69) is 11.9 Å². The van der Waals surface area contributed by atoms with Crippen LogP contribution in [0, 0.1) is 13.8 Å². The molecular formula is C20H20N4O. The van der Waals surface area contributed by atoms with Crippen LogP contribution in [0.1, 0.15) is 11.1 Å². The molecule has 4 rings (SSSR count). The van der Waals surface area contributed by atoms with Gasteiger partial charge in [-0.3, -0.25) is 4.79 Å². The van der Waals surface area contributed by atoms with Crippen LogP contribution in [-0.4, -0.2) is 21.1 Å². The Morgan fingerprint density at radius 3 is 2.72 bits per heavy atom. The summed E-state index contributed by atoms with van der Waals surface area (Å²) in [6, 6.07) is 12.0. The van der Waals surface area contributed by atoms with Gasteiger partial charge in [-0.25, -0.2) is 4.98 Å². The molecule has 0 unspecified atom stereocenters. The molecule has 5 heteroatoms. The van der Waals surface area contributed by atoms with Gasteiger partial charge in [0.25, 0.3) is 5.56 Å². The van der Waals surface area contributed by atoms with Crippen LogP contribution in [0.4, 0.5) is 0 Å². The fourth-order valence-corrected chi connectivity index (χ4v) is 3.29. The van der Waals surface area contributed by atoms with Gasteiger partial charge in [-0.15, -0.1) is 0 Å². The lowest BCUT2D eigenvalue weighted by molar-refractivity contribution is 0.704. The first-order valence-electron chi connectivity index (χ1n) is 8.38. The molecular weight excluding hydrogens is 312 g/mol. The lowest BCUT2D eigenvalue weighted by atomic mass is 10.1. The number of para-hydroxylation sites is 1. The highest BCUT2D eigenvalue weighted by Crippen LogP contribution is 2.27. The fourth-order valence-electron chi connectivity index (χ4n) is 3.29. The summed E-state index contributed by atoms with van der Waals surface area (Å²) < 4.78 is 1.74. The topological polar surface area (TPSA) is 76.7 Å². The Bertz CT molecular complexity index is 1150. The number of benzene rings is 2. The molecule has 0 amide bonds. The summed E-state index contributed by atoms with van der Waals surface area (Å²) in [6.45, 7) is 4.97. The van der Waals surface area contributed by atoms with Crippen molar-refractivity contribution in [1.82, 2.24) is 14.5 Å². The molecule has 2 aromatic carbocycles. The lowest BCUT2D eigenvalue weighted by Gasteiger charge is -2.13. The zero-order valence-corrected chi connectivity index (χ0v) is 14.3. The average molecular weight is 332 g/mol. The van der Waals surface area contributed by atoms with E-state index in [1.807, 2.05) is 49.5 Å². The van der Waals surface area contributed by atoms with Crippen LogP contribution < -0.4 is 11.3 Å². The summed E-state index contributed by atoms with van der Waals surface area (Å²) in [5.74, 6) is 0. The maximum absolute atomic E-state index is 13.1. The molecule has 0 aliphatic carbocycles. The van der Waals surface area contributed by atoms with Crippen LogP contribution in [0.5, 0.6) is 0 Å². The van der Waals surface area contributed by atoms with Gasteiger partial charge >= 0.3 is 0 Å². The van der Waals surface area contributed by atoms with Crippen molar-refractivity contribution in [2.24, 2.45) is 5.73 Å². The van der Waals surface area contributed by atoms with E-state index >= 15 is 0 Å². The minimum atomic E-state index is -0.106. The standard InChI is InChI=1S/C20H20N4O/c1-12-9-17-18(10-13(12)2)24(8-7-21)20(25)19(23-17)15-11-22-16-6-4-3-5-14(15)16/h3-6,9-11,22H,7-8,21H2,1-2H3. The molecule has 0 saturated carbocycles. The number of aromatic nitrogens is 3. The number of hydrogen-bond acceptors (Lipinski definition) is 3. The number of H-pyrrole nitrogens is 1. The Kier molecular flexibility index (Phi) is 3.66. The molecule has 3 N–H and O–H groups in total. The van der Waals surface area contributed by atoms with Crippen molar-refractivity contribution in [3.05, 3.63) is 64.1 Å². The second kappa shape index (κ2) is 5.86. The van der Waals surface area contributed by atoms with Crippen molar-refractivity contribution in [1.29, 1.82) is 0 Å². The first kappa shape index (κ1) is 15.6. The molecule has 4 aromatic rings. The van der Waals surface area contributed by atoms with Gasteiger partial charge in [-0.1, -0.05) is 18.2 Å². The van der Waals surface area contributed by atoms with E-state index in [1.54, 1.807) is 4.57 Å². The zero-order valence-electron chi connectivity index (χ0n) is 14.3. The monoisotopic (exact) mass is 332 g/mol. The number of aromatic amines is 1. The van der Waals surface area contributed by atoms with Gasteiger partial charge in [0.1, 0.15) is 5.69 Å². The normalized spacial score (nSPS) is 11.5. The third-order valence-electron chi connectivity index (χ3n) is 4.76. The minimum Gasteiger partial charge on any atom is -0.360 e. The molecule has 2 aromatic heterocycles. The lowest BCUT2D eigenvalue weighted by Crippen LogP contribution is -2.27. The van der Waals surface area contributed by atoms with Crippen LogP contribution >= 0.6 is 0 Å². The molecule has 0 saturated heterocycles. The molecule has 25 heavy (non-hydrogen) atoms. The Morgan fingerprint density at radius 2 is 1.92 bits per heavy atom. The molecule has 126 valence electrons. The number of nitrogens with zero attached hydrogens (tertiary/aromatic N) is 2. The first-order valence-corrected chi connectivity index (χ1v) is 8.38. The van der Waals surface area contributed by atoms with Gasteiger partial charge < -0.3 is 15.3 Å². The van der Waals surface area contributed by atoms with Gasteiger partial charge in [0, 0.05) is 35.8 Å². The number of fused-ring (bicyclic) bond motifs is 2. The van der Waals surface area contributed by atoms with Crippen LogP contribution in [0.2, 0.25) is 0 Å². The van der Waals surface area contributed by atoms with E-state index < -0.39 is 0 Å². The summed E-state index contributed by atoms with van der Waals surface area (Å²) in [6.07, 6.45) is 1.86. The van der Waals surface area contributed by atoms with Crippen molar-refractivity contribution < 1.29 is 0 Å². The van der Waals surface area contributed by atoms with Crippen molar-refractivity contribution in [3.8, 4) is 11.3 Å². The van der Waals surface area contributed by atoms with Crippen LogP contribution in [0.15, 0.2) is 47.4 Å². The average Bonchev–Trinajstić information content (AvgIpc) is 3.03. The fraction of sp³-hybridized carbons (Fsp3) is 0.200. The number of aryl methyl sites for hydroxylation is 2. The van der Waals surface area contributed by atoms with Crippen molar-refractivity contribution in [3.63, 3.8) is 0 Å². The third kappa shape index (κ3) is 2.44. The highest BCUT2D eigenvalue weighted by molar-refractivity contribution is 5.95. The Morgan fingerprint density at radius 1 is 1.16 bits per heavy atom. The summed E-state index contributed by atoms with van der Waals surface area (Å²) in [7, 11) is 0. The molecule has 2 heterocycles. The highest BCUT2D eigenvalue weighted by atomic mass is 16.1. The van der Waals surface area contributed by atoms with Crippen molar-refractivity contribution in [2.45, 2.75) is 20.4 Å². The largest absolute Gasteiger partial charge is 0.360 e. The van der Waals surface area contributed by atoms with Crippen LogP contribution in [0.25, 0.3) is 33.2 Å². The van der Waals surface area contributed by atoms with Gasteiger partial charge in [-0.2, -0.15) is 0 Å². The third-order valence-corrected chi connectivity index (χ3v) is 4.76. The van der Waals surface area contributed by atoms with Crippen molar-refractivity contribution >= 4 is 21.9 Å². The number of rotatable bonds is 3. The highest BCUT2D eigenvalue weighted by Gasteiger charge is 2.16. The Balaban J connectivity index is 2.09. The van der Waals surface area contributed by atoms with E-state index in [0.29, 0.717) is 18.8 Å². The molecule has 0 aliphatic heterocycles. The second-order valence-corrected chi connectivity index (χ2v) is 6.38. The Labute approximate surface area is 145 Å². The van der Waals surface area contributed by atoms with Crippen LogP contribution in [-0.2, 0) is 6.54 Å². The smallest absolute Gasteiger partial charge is 0.277 e. The number of nitrogens with one attached hydrogen (secondary N) is 1. The first-order chi connectivity index (χ1) is 12.1. The maximum atomic E-state index is 13.1. The number of nitrogens with two attached hydrogens (primary N) is 1. The predicted octanol–water partition coefficient (Wildman–Crippen LogP) is 3.12. The molecule has 0 fully saturated rings. The van der Waals surface area contributed by atoms with Crippen LogP contribution in [0.3, 0.4) is 0 Å². The summed E-state index contributed by atoms with van der Waals surface area (Å²) >= 11 is 0.